The number of hydrogen-bond donors (Lipinski definition) is 1. The van der Waals surface area contributed by atoms with Crippen LogP contribution in [0.2, 0.25) is 0 Å². The highest BCUT2D eigenvalue weighted by molar-refractivity contribution is 5.86. The van der Waals surface area contributed by atoms with Crippen molar-refractivity contribution in [2.45, 2.75) is 59.9 Å². The Kier molecular flexibility index (Phi) is 7.83. The third-order valence-corrected chi connectivity index (χ3v) is 9.30. The van der Waals surface area contributed by atoms with E-state index in [1.165, 1.54) is 11.1 Å². The summed E-state index contributed by atoms with van der Waals surface area (Å²) in [6, 6.07) is 13.1. The van der Waals surface area contributed by atoms with Crippen LogP contribution in [0.15, 0.2) is 36.4 Å². The lowest BCUT2D eigenvalue weighted by Crippen LogP contribution is -2.38. The van der Waals surface area contributed by atoms with Gasteiger partial charge in [0.25, 0.3) is 0 Å². The molecule has 1 N–H and O–H groups in total. The van der Waals surface area contributed by atoms with Gasteiger partial charge in [-0.15, -0.1) is 0 Å². The molecule has 8 heteroatoms. The molecule has 3 aliphatic rings. The lowest BCUT2D eigenvalue weighted by molar-refractivity contribution is -0.136. The predicted octanol–water partition coefficient (Wildman–Crippen LogP) is 5.41. The number of anilines is 3. The molecule has 8 nitrogen and oxygen atoms in total. The van der Waals surface area contributed by atoms with Crippen molar-refractivity contribution in [2.24, 2.45) is 5.41 Å². The summed E-state index contributed by atoms with van der Waals surface area (Å²) in [5, 5.41) is 9.83. The summed E-state index contributed by atoms with van der Waals surface area (Å²) in [5.74, 6) is 1.22. The Morgan fingerprint density at radius 3 is 2.31 bits per heavy atom. The van der Waals surface area contributed by atoms with Crippen LogP contribution in [0.25, 0.3) is 11.1 Å². The molecule has 3 aromatic rings. The number of carboxylic acid groups (broad SMARTS) is 1. The van der Waals surface area contributed by atoms with E-state index in [4.69, 9.17) is 14.7 Å². The number of pyridine rings is 2. The largest absolute Gasteiger partial charge is 0.481 e. The van der Waals surface area contributed by atoms with E-state index < -0.39 is 5.97 Å². The van der Waals surface area contributed by atoms with Crippen molar-refractivity contribution < 1.29 is 14.6 Å². The summed E-state index contributed by atoms with van der Waals surface area (Å²) < 4.78 is 5.52. The van der Waals surface area contributed by atoms with Gasteiger partial charge in [0.2, 0.25) is 0 Å². The van der Waals surface area contributed by atoms with Gasteiger partial charge in [-0.25, -0.2) is 4.98 Å². The number of carboxylic acids is 1. The first-order valence-electron chi connectivity index (χ1n) is 15.3. The fourth-order valence-corrected chi connectivity index (χ4v) is 6.72. The summed E-state index contributed by atoms with van der Waals surface area (Å²) >= 11 is 0. The Labute approximate surface area is 249 Å². The highest BCUT2D eigenvalue weighted by atomic mass is 16.5. The Morgan fingerprint density at radius 1 is 0.881 bits per heavy atom. The van der Waals surface area contributed by atoms with Gasteiger partial charge in [0.1, 0.15) is 11.6 Å². The average molecular weight is 570 g/mol. The monoisotopic (exact) mass is 569 g/mol. The van der Waals surface area contributed by atoms with Crippen molar-refractivity contribution in [1.82, 2.24) is 9.97 Å². The average Bonchev–Trinajstić information content (AvgIpc) is 2.98. The topological polar surface area (TPSA) is 82.0 Å². The summed E-state index contributed by atoms with van der Waals surface area (Å²) in [6.07, 6.45) is 3.08. The number of ether oxygens (including phenoxy) is 1. The van der Waals surface area contributed by atoms with Gasteiger partial charge in [-0.3, -0.25) is 9.78 Å². The highest BCUT2D eigenvalue weighted by Gasteiger charge is 2.31. The van der Waals surface area contributed by atoms with Crippen molar-refractivity contribution >= 4 is 23.3 Å². The minimum absolute atomic E-state index is 0.0161. The van der Waals surface area contributed by atoms with E-state index in [1.807, 2.05) is 6.92 Å². The molecule has 2 aromatic heterocycles. The van der Waals surface area contributed by atoms with Gasteiger partial charge in [0.15, 0.2) is 0 Å². The van der Waals surface area contributed by atoms with Gasteiger partial charge in [0, 0.05) is 61.8 Å². The summed E-state index contributed by atoms with van der Waals surface area (Å²) in [7, 11) is 0. The molecule has 3 aliphatic heterocycles. The maximum atomic E-state index is 12.0. The molecule has 0 aliphatic carbocycles. The molecule has 0 atom stereocenters. The zero-order valence-corrected chi connectivity index (χ0v) is 25.4. The maximum Gasteiger partial charge on any atom is 0.307 e. The minimum Gasteiger partial charge on any atom is -0.481 e. The molecular formula is C34H43N5O3. The van der Waals surface area contributed by atoms with Crippen LogP contribution in [0.3, 0.4) is 0 Å². The summed E-state index contributed by atoms with van der Waals surface area (Å²) in [5.41, 5.74) is 8.87. The van der Waals surface area contributed by atoms with Gasteiger partial charge in [0.05, 0.1) is 25.3 Å². The van der Waals surface area contributed by atoms with E-state index in [0.717, 1.165) is 117 Å². The van der Waals surface area contributed by atoms with Gasteiger partial charge in [-0.2, -0.15) is 0 Å². The summed E-state index contributed by atoms with van der Waals surface area (Å²) in [4.78, 5) is 29.0. The third-order valence-electron chi connectivity index (χ3n) is 9.30. The zero-order chi connectivity index (χ0) is 29.4. The van der Waals surface area contributed by atoms with E-state index in [2.05, 4.69) is 71.9 Å². The van der Waals surface area contributed by atoms with Crippen LogP contribution in [0, 0.1) is 19.3 Å². The van der Waals surface area contributed by atoms with Crippen molar-refractivity contribution in [2.75, 3.05) is 60.6 Å². The van der Waals surface area contributed by atoms with Crippen LogP contribution in [0.4, 0.5) is 17.3 Å². The number of aryl methyl sites for hydroxylation is 2. The normalized spacial score (nSPS) is 18.6. The SMILES string of the molecule is Cc1nc(C)c(-c2ccc3c(c2)CCN(c2cccc(N4CCOCC4)n2)C3)c(N2CCC(C)(C)CC2)c1CC(=O)O. The molecule has 2 fully saturated rings. The number of benzene rings is 1. The van der Waals surface area contributed by atoms with E-state index in [0.29, 0.717) is 5.41 Å². The highest BCUT2D eigenvalue weighted by Crippen LogP contribution is 2.42. The first kappa shape index (κ1) is 28.5. The van der Waals surface area contributed by atoms with Crippen LogP contribution in [-0.2, 0) is 28.9 Å². The molecule has 6 rings (SSSR count). The molecule has 5 heterocycles. The molecule has 0 unspecified atom stereocenters. The van der Waals surface area contributed by atoms with Crippen LogP contribution in [0.1, 0.15) is 54.8 Å². The van der Waals surface area contributed by atoms with E-state index in [9.17, 15) is 9.90 Å². The van der Waals surface area contributed by atoms with Crippen LogP contribution in [0.5, 0.6) is 0 Å². The van der Waals surface area contributed by atoms with Crippen molar-refractivity contribution in [3.8, 4) is 11.1 Å². The lowest BCUT2D eigenvalue weighted by atomic mass is 9.82. The number of fused-ring (bicyclic) bond motifs is 1. The molecule has 2 saturated heterocycles. The molecular weight excluding hydrogens is 526 g/mol. The molecule has 0 radical (unpaired) electrons. The number of carbonyl (C=O) groups is 1. The molecule has 222 valence electrons. The number of aliphatic carboxylic acids is 1. The van der Waals surface area contributed by atoms with Crippen LogP contribution in [-0.4, -0.2) is 67.0 Å². The van der Waals surface area contributed by atoms with Gasteiger partial charge >= 0.3 is 5.97 Å². The Bertz CT molecular complexity index is 1470. The fourth-order valence-electron chi connectivity index (χ4n) is 6.72. The van der Waals surface area contributed by atoms with E-state index in [-0.39, 0.29) is 6.42 Å². The molecule has 0 saturated carbocycles. The number of hydrogen-bond acceptors (Lipinski definition) is 7. The number of piperidine rings is 1. The van der Waals surface area contributed by atoms with Crippen molar-refractivity contribution in [3.05, 3.63) is 64.5 Å². The Balaban J connectivity index is 1.32. The third kappa shape index (κ3) is 5.82. The fraction of sp³-hybridized carbons (Fsp3) is 0.500. The summed E-state index contributed by atoms with van der Waals surface area (Å²) in [6.45, 7) is 15.5. The zero-order valence-electron chi connectivity index (χ0n) is 25.4. The second kappa shape index (κ2) is 11.6. The standard InChI is InChI=1S/C34H43N5O3/c1-23-28(21-31(40)41)33(38-14-11-34(3,4)12-15-38)32(24(2)35-23)26-8-9-27-22-39(13-10-25(27)20-26)30-7-5-6-29(36-30)37-16-18-42-19-17-37/h5-9,20H,10-19,21-22H2,1-4H3,(H,40,41). The Hall–Kier alpha value is -3.65. The quantitative estimate of drug-likeness (QED) is 0.422. The first-order valence-corrected chi connectivity index (χ1v) is 15.3. The van der Waals surface area contributed by atoms with Crippen molar-refractivity contribution in [1.29, 1.82) is 0 Å². The van der Waals surface area contributed by atoms with Crippen LogP contribution >= 0.6 is 0 Å². The van der Waals surface area contributed by atoms with E-state index >= 15 is 0 Å². The van der Waals surface area contributed by atoms with Gasteiger partial charge < -0.3 is 24.5 Å². The molecule has 0 bridgehead atoms. The smallest absolute Gasteiger partial charge is 0.307 e. The van der Waals surface area contributed by atoms with Gasteiger partial charge in [-0.1, -0.05) is 38.1 Å². The molecule has 42 heavy (non-hydrogen) atoms. The molecule has 0 spiro atoms. The van der Waals surface area contributed by atoms with Crippen LogP contribution < -0.4 is 14.7 Å². The Morgan fingerprint density at radius 2 is 1.60 bits per heavy atom. The second-order valence-electron chi connectivity index (χ2n) is 12.8. The molecule has 1 aromatic carbocycles. The minimum atomic E-state index is -0.815. The molecule has 0 amide bonds. The van der Waals surface area contributed by atoms with Gasteiger partial charge in [-0.05, 0) is 67.3 Å². The maximum absolute atomic E-state index is 12.0. The lowest BCUT2D eigenvalue weighted by Gasteiger charge is -2.40. The number of aromatic nitrogens is 2. The number of morpholine rings is 1. The van der Waals surface area contributed by atoms with Crippen molar-refractivity contribution in [3.63, 3.8) is 0 Å². The number of nitrogens with zero attached hydrogens (tertiary/aromatic N) is 5. The van der Waals surface area contributed by atoms with E-state index in [1.54, 1.807) is 0 Å². The first-order chi connectivity index (χ1) is 20.2. The predicted molar refractivity (Wildman–Crippen MR) is 168 cm³/mol. The number of rotatable bonds is 6. The second-order valence-corrected chi connectivity index (χ2v) is 12.8.